The topological polar surface area (TPSA) is 0 Å². The van der Waals surface area contributed by atoms with Gasteiger partial charge in [0.2, 0.25) is 0 Å². The molecule has 0 aliphatic rings. The maximum Gasteiger partial charge on any atom is 4.00 e. The third-order valence-corrected chi connectivity index (χ3v) is 0. The van der Waals surface area contributed by atoms with Gasteiger partial charge in [-0.15, -0.1) is 0 Å². The average molecular weight is 304 g/mol. The van der Waals surface area contributed by atoms with Crippen LogP contribution in [0.15, 0.2) is 0 Å². The van der Waals surface area contributed by atoms with Crippen molar-refractivity contribution in [3.8, 4) is 0 Å². The molecule has 12 heavy (non-hydrogen) atoms. The second kappa shape index (κ2) is 356. The van der Waals surface area contributed by atoms with E-state index in [1.54, 1.807) is 20.8 Å². The van der Waals surface area contributed by atoms with Crippen LogP contribution in [0.5, 0.6) is 0 Å². The summed E-state index contributed by atoms with van der Waals surface area (Å²) >= 11 is 0. The van der Waals surface area contributed by atoms with E-state index in [2.05, 4.69) is 20.8 Å². The Morgan fingerprint density at radius 3 is 0.500 bits per heavy atom. The van der Waals surface area contributed by atoms with Gasteiger partial charge in [0.15, 0.2) is 0 Å². The minimum Gasteiger partial charge on any atom is -1.00 e. The Kier molecular flexibility index (Phi) is 2630. The quantitative estimate of drug-likeness (QED) is 0.308. The molecule has 0 saturated carbocycles. The molecule has 0 atom stereocenters. The van der Waals surface area contributed by atoms with E-state index < -0.39 is 0 Å². The van der Waals surface area contributed by atoms with Gasteiger partial charge in [-0.05, 0) is 0 Å². The molecule has 0 aliphatic heterocycles. The van der Waals surface area contributed by atoms with Crippen molar-refractivity contribution in [3.05, 3.63) is 20.8 Å². The van der Waals surface area contributed by atoms with Gasteiger partial charge in [-0.2, -0.15) is 20.8 Å². The third kappa shape index (κ3) is 279. The molecule has 0 aromatic heterocycles. The van der Waals surface area contributed by atoms with E-state index in [-0.39, 0.29) is 88.7 Å². The molecule has 0 rings (SSSR count). The van der Waals surface area contributed by atoms with Crippen LogP contribution in [0.1, 0.15) is 20.8 Å². The second-order valence-corrected chi connectivity index (χ2v) is 0. The van der Waals surface area contributed by atoms with Crippen molar-refractivity contribution in [1.29, 1.82) is 0 Å². The molecule has 0 spiro atoms. The molecule has 6 heteroatoms. The van der Waals surface area contributed by atoms with Gasteiger partial charge < -0.3 is 70.4 Å². The van der Waals surface area contributed by atoms with Gasteiger partial charge in [-0.3, -0.25) is 0 Å². The third-order valence-electron chi connectivity index (χ3n) is 0. The number of halogens is 4. The summed E-state index contributed by atoms with van der Waals surface area (Å²) in [5.41, 5.74) is 0. The summed E-state index contributed by atoms with van der Waals surface area (Å²) in [4.78, 5) is 0. The maximum atomic E-state index is 3.25. The second-order valence-electron chi connectivity index (χ2n) is 0. The van der Waals surface area contributed by atoms with Crippen LogP contribution in [0.4, 0.5) is 0 Å². The van der Waals surface area contributed by atoms with E-state index >= 15 is 0 Å². The minimum atomic E-state index is 0. The van der Waals surface area contributed by atoms with E-state index in [0.717, 1.165) is 0 Å². The van der Waals surface area contributed by atoms with Gasteiger partial charge in [-0.25, -0.2) is 0 Å². The zero-order chi connectivity index (χ0) is 6.00. The van der Waals surface area contributed by atoms with Crippen molar-refractivity contribution in [2.75, 3.05) is 0 Å². The summed E-state index contributed by atoms with van der Waals surface area (Å²) in [5, 5.41) is 0. The average Bonchev–Trinajstić information content (AvgIpc) is 1.81. The Bertz CT molecular complexity index is 19.5. The first-order chi connectivity index (χ1) is 3.00. The van der Waals surface area contributed by atoms with E-state index in [4.69, 9.17) is 0 Å². The largest absolute Gasteiger partial charge is 4.00 e. The van der Waals surface area contributed by atoms with Gasteiger partial charge in [-0.1, -0.05) is 0 Å². The van der Waals surface area contributed by atoms with Crippen molar-refractivity contribution in [2.45, 2.75) is 20.8 Å². The van der Waals surface area contributed by atoms with E-state index in [9.17, 15) is 0 Å². The SMILES string of the molecule is [Al].[CH2-]C.[CH2-]C.[CH2-]C.[Cl-].[Cl-].[Cl-].[Cl-].[Ti+4]. The minimum absolute atomic E-state index is 0. The van der Waals surface area contributed by atoms with Crippen molar-refractivity contribution < 1.29 is 71.3 Å². The first-order valence-corrected chi connectivity index (χ1v) is 2.12. The van der Waals surface area contributed by atoms with Crippen molar-refractivity contribution in [1.82, 2.24) is 0 Å². The molecule has 3 radical (unpaired) electrons. The Morgan fingerprint density at radius 2 is 0.500 bits per heavy atom. The fourth-order valence-electron chi connectivity index (χ4n) is 0. The summed E-state index contributed by atoms with van der Waals surface area (Å²) in [6.07, 6.45) is 0. The van der Waals surface area contributed by atoms with E-state index in [1.165, 1.54) is 0 Å². The monoisotopic (exact) mass is 302 g/mol. The number of rotatable bonds is 0. The molecule has 77 valence electrons. The summed E-state index contributed by atoms with van der Waals surface area (Å²) < 4.78 is 0. The van der Waals surface area contributed by atoms with Crippen LogP contribution < -0.4 is 49.6 Å². The van der Waals surface area contributed by atoms with Crippen molar-refractivity contribution >= 4 is 17.4 Å². The fourth-order valence-corrected chi connectivity index (χ4v) is 0. The predicted molar refractivity (Wildman–Crippen MR) is 38.8 cm³/mol. The zero-order valence-electron chi connectivity index (χ0n) is 7.71. The fraction of sp³-hybridized carbons (Fsp3) is 0.500. The molecule has 0 saturated heterocycles. The van der Waals surface area contributed by atoms with Crippen molar-refractivity contribution in [3.63, 3.8) is 0 Å². The van der Waals surface area contributed by atoms with Gasteiger partial charge in [0, 0.05) is 17.4 Å². The maximum absolute atomic E-state index is 3.25. The Hall–Kier alpha value is 2.41. The molecule has 0 nitrogen and oxygen atoms in total. The van der Waals surface area contributed by atoms with Crippen LogP contribution in [0.25, 0.3) is 0 Å². The summed E-state index contributed by atoms with van der Waals surface area (Å²) in [7, 11) is 0. The van der Waals surface area contributed by atoms with Crippen LogP contribution in [-0.4, -0.2) is 17.4 Å². The molecular formula is C6H15AlCl4Ti-3. The first-order valence-electron chi connectivity index (χ1n) is 2.12. The van der Waals surface area contributed by atoms with Gasteiger partial charge in [0.05, 0.1) is 0 Å². The first kappa shape index (κ1) is 88.6. The molecule has 0 aliphatic carbocycles. The van der Waals surface area contributed by atoms with Crippen LogP contribution in [0, 0.1) is 20.8 Å². The molecule has 0 fully saturated rings. The van der Waals surface area contributed by atoms with Crippen molar-refractivity contribution in [2.24, 2.45) is 0 Å². The zero-order valence-corrected chi connectivity index (χ0v) is 13.5. The van der Waals surface area contributed by atoms with Gasteiger partial charge in [0.1, 0.15) is 0 Å². The van der Waals surface area contributed by atoms with Gasteiger partial charge in [0.25, 0.3) is 0 Å². The van der Waals surface area contributed by atoms with E-state index in [1.807, 2.05) is 0 Å². The molecule has 0 aromatic carbocycles. The summed E-state index contributed by atoms with van der Waals surface area (Å²) in [6, 6.07) is 0. The molecule has 0 heterocycles. The van der Waals surface area contributed by atoms with Crippen LogP contribution in [0.3, 0.4) is 0 Å². The van der Waals surface area contributed by atoms with E-state index in [0.29, 0.717) is 0 Å². The molecule has 0 amide bonds. The predicted octanol–water partition coefficient (Wildman–Crippen LogP) is -9.85. The Labute approximate surface area is 129 Å². The van der Waals surface area contributed by atoms with Crippen LogP contribution in [-0.2, 0) is 21.7 Å². The van der Waals surface area contributed by atoms with Crippen LogP contribution in [0.2, 0.25) is 0 Å². The standard InChI is InChI=1S/3C2H5.Al.4ClH.Ti/c3*1-2;;;;;;/h3*1H2,2H3;;4*1H;/q3*-1;;;;;;+4/p-4. The molecule has 0 N–H and O–H groups in total. The Morgan fingerprint density at radius 1 is 0.500 bits per heavy atom. The Balaban J connectivity index is -0.00000000129. The molecule has 0 unspecified atom stereocenters. The normalized spacial score (nSPS) is 1.50. The number of hydrogen-bond donors (Lipinski definition) is 0. The molecular weight excluding hydrogens is 289 g/mol. The van der Waals surface area contributed by atoms with Crippen LogP contribution >= 0.6 is 0 Å². The summed E-state index contributed by atoms with van der Waals surface area (Å²) in [6.45, 7) is 15.0. The van der Waals surface area contributed by atoms with Gasteiger partial charge >= 0.3 is 21.7 Å². The molecule has 0 bridgehead atoms. The number of hydrogen-bond acceptors (Lipinski definition) is 0. The smallest absolute Gasteiger partial charge is 1.00 e. The molecule has 0 aromatic rings. The summed E-state index contributed by atoms with van der Waals surface area (Å²) in [5.74, 6) is 0.